The second-order valence-corrected chi connectivity index (χ2v) is 10.1. The fourth-order valence-corrected chi connectivity index (χ4v) is 3.46. The van der Waals surface area contributed by atoms with Crippen LogP contribution in [0.4, 0.5) is 0 Å². The van der Waals surface area contributed by atoms with Crippen LogP contribution in [0.2, 0.25) is 0 Å². The Bertz CT molecular complexity index is 782. The fraction of sp³-hybridized carbons (Fsp3) is 0.708. The van der Waals surface area contributed by atoms with Gasteiger partial charge in [0.15, 0.2) is 0 Å². The molecule has 7 nitrogen and oxygen atoms in total. The molecule has 0 N–H and O–H groups in total. The van der Waals surface area contributed by atoms with Gasteiger partial charge in [-0.25, -0.2) is 0 Å². The third-order valence-electron chi connectivity index (χ3n) is 6.79. The lowest BCUT2D eigenvalue weighted by Crippen LogP contribution is -2.41. The Hall–Kier alpha value is -1.77. The number of ether oxygens (including phenoxy) is 3. The first kappa shape index (κ1) is 26.5. The number of rotatable bonds is 9. The molecule has 1 fully saturated rings. The predicted molar refractivity (Wildman–Crippen MR) is 127 cm³/mol. The van der Waals surface area contributed by atoms with Crippen LogP contribution in [-0.2, 0) is 18.8 Å². The molecule has 1 saturated heterocycles. The van der Waals surface area contributed by atoms with E-state index in [0.717, 1.165) is 17.4 Å². The van der Waals surface area contributed by atoms with Crippen LogP contribution in [0.1, 0.15) is 73.4 Å². The molecule has 0 bridgehead atoms. The van der Waals surface area contributed by atoms with Gasteiger partial charge in [0.2, 0.25) is 0 Å². The molecular formula is C24H40BNO6. The molecule has 1 atom stereocenters. The number of hydrogen-bond donors (Lipinski definition) is 0. The molecule has 1 unspecified atom stereocenters. The topological polar surface area (TPSA) is 66.5 Å². The largest absolute Gasteiger partial charge is 0.496 e. The maximum atomic E-state index is 12.5. The molecule has 0 aliphatic carbocycles. The maximum absolute atomic E-state index is 12.5. The number of carbonyl (C=O) groups excluding carboxylic acids is 1. The average molecular weight is 449 g/mol. The molecule has 0 spiro atoms. The third-order valence-corrected chi connectivity index (χ3v) is 6.79. The number of hydrogen-bond acceptors (Lipinski definition) is 7. The van der Waals surface area contributed by atoms with Crippen LogP contribution < -0.4 is 14.9 Å². The molecule has 0 amide bonds. The summed E-state index contributed by atoms with van der Waals surface area (Å²) in [6.07, 6.45) is 0.750. The molecule has 0 radical (unpaired) electrons. The summed E-state index contributed by atoms with van der Waals surface area (Å²) in [5.41, 5.74) is 0.287. The second kappa shape index (κ2) is 9.61. The van der Waals surface area contributed by atoms with Crippen LogP contribution >= 0.6 is 0 Å². The summed E-state index contributed by atoms with van der Waals surface area (Å²) in [4.78, 5) is 14.4. The molecule has 32 heavy (non-hydrogen) atoms. The summed E-state index contributed by atoms with van der Waals surface area (Å²) in [6.45, 7) is 16.1. The van der Waals surface area contributed by atoms with Crippen LogP contribution in [0.25, 0.3) is 0 Å². The Kier molecular flexibility index (Phi) is 7.96. The molecule has 1 aliphatic rings. The maximum Gasteiger partial charge on any atom is 0.495 e. The lowest BCUT2D eigenvalue weighted by molar-refractivity contribution is -0.158. The average Bonchev–Trinajstić information content (AvgIpc) is 2.92. The molecule has 180 valence electrons. The van der Waals surface area contributed by atoms with Crippen molar-refractivity contribution in [3.05, 3.63) is 17.7 Å². The van der Waals surface area contributed by atoms with Gasteiger partial charge in [0, 0.05) is 6.04 Å². The van der Waals surface area contributed by atoms with E-state index >= 15 is 0 Å². The van der Waals surface area contributed by atoms with Gasteiger partial charge in [-0.05, 0) is 79.5 Å². The zero-order valence-corrected chi connectivity index (χ0v) is 21.6. The number of carbonyl (C=O) groups is 1. The van der Waals surface area contributed by atoms with Crippen molar-refractivity contribution >= 4 is 18.6 Å². The van der Waals surface area contributed by atoms with Crippen molar-refractivity contribution in [2.75, 3.05) is 27.8 Å². The van der Waals surface area contributed by atoms with Crippen LogP contribution in [-0.4, -0.2) is 62.6 Å². The highest BCUT2D eigenvalue weighted by Crippen LogP contribution is 2.39. The minimum Gasteiger partial charge on any atom is -0.496 e. The van der Waals surface area contributed by atoms with Gasteiger partial charge in [-0.15, -0.1) is 0 Å². The SMILES string of the molecule is CCC(C)(C)OC(=O)CN(C)C(C)c1c(OC)cc(B2OC(C)(C)C(C)(C)O2)cc1OC. The summed E-state index contributed by atoms with van der Waals surface area (Å²) < 4.78 is 29.5. The van der Waals surface area contributed by atoms with Gasteiger partial charge >= 0.3 is 13.1 Å². The van der Waals surface area contributed by atoms with Crippen molar-refractivity contribution in [3.63, 3.8) is 0 Å². The highest BCUT2D eigenvalue weighted by molar-refractivity contribution is 6.62. The van der Waals surface area contributed by atoms with E-state index in [-0.39, 0.29) is 18.6 Å². The Labute approximate surface area is 193 Å². The summed E-state index contributed by atoms with van der Waals surface area (Å²) >= 11 is 0. The summed E-state index contributed by atoms with van der Waals surface area (Å²) in [6, 6.07) is 3.68. The molecule has 0 aromatic heterocycles. The van der Waals surface area contributed by atoms with Gasteiger partial charge in [-0.1, -0.05) is 6.92 Å². The molecule has 1 aliphatic heterocycles. The smallest absolute Gasteiger partial charge is 0.495 e. The zero-order valence-electron chi connectivity index (χ0n) is 21.6. The first-order valence-electron chi connectivity index (χ1n) is 11.2. The Morgan fingerprint density at radius 1 is 1.09 bits per heavy atom. The lowest BCUT2D eigenvalue weighted by Gasteiger charge is -2.32. The summed E-state index contributed by atoms with van der Waals surface area (Å²) in [5, 5.41) is 0. The molecular weight excluding hydrogens is 409 g/mol. The third kappa shape index (κ3) is 5.59. The minimum atomic E-state index is -0.531. The quantitative estimate of drug-likeness (QED) is 0.421. The first-order valence-corrected chi connectivity index (χ1v) is 11.2. The monoisotopic (exact) mass is 449 g/mol. The van der Waals surface area contributed by atoms with Gasteiger partial charge in [-0.3, -0.25) is 9.69 Å². The number of esters is 1. The van der Waals surface area contributed by atoms with Gasteiger partial charge < -0.3 is 23.5 Å². The van der Waals surface area contributed by atoms with E-state index < -0.39 is 23.9 Å². The van der Waals surface area contributed by atoms with Crippen molar-refractivity contribution < 1.29 is 28.3 Å². The fourth-order valence-electron chi connectivity index (χ4n) is 3.46. The standard InChI is InChI=1S/C24H40BNO6/c1-12-22(3,4)30-20(27)15-26(9)16(2)21-18(28-10)13-17(14-19(21)29-11)25-31-23(5,6)24(7,8)32-25/h13-14,16H,12,15H2,1-11H3. The van der Waals surface area contributed by atoms with E-state index in [1.165, 1.54) is 0 Å². The Morgan fingerprint density at radius 3 is 1.97 bits per heavy atom. The molecule has 8 heteroatoms. The van der Waals surface area contributed by atoms with Gasteiger partial charge in [0.25, 0.3) is 0 Å². The zero-order chi connectivity index (χ0) is 24.5. The molecule has 1 aromatic carbocycles. The number of likely N-dealkylation sites (N-methyl/N-ethyl adjacent to an activating group) is 1. The predicted octanol–water partition coefficient (Wildman–Crippen LogP) is 3.73. The summed E-state index contributed by atoms with van der Waals surface area (Å²) in [7, 11) is 4.59. The Balaban J connectivity index is 2.31. The highest BCUT2D eigenvalue weighted by atomic mass is 16.7. The van der Waals surface area contributed by atoms with E-state index in [9.17, 15) is 4.79 Å². The van der Waals surface area contributed by atoms with Gasteiger partial charge in [0.05, 0.1) is 37.5 Å². The van der Waals surface area contributed by atoms with Crippen LogP contribution in [0.15, 0.2) is 12.1 Å². The second-order valence-electron chi connectivity index (χ2n) is 10.1. The Morgan fingerprint density at radius 2 is 1.56 bits per heavy atom. The molecule has 2 rings (SSSR count). The minimum absolute atomic E-state index is 0.149. The van der Waals surface area contributed by atoms with Crippen molar-refractivity contribution in [1.29, 1.82) is 0 Å². The van der Waals surface area contributed by atoms with Crippen LogP contribution in [0.5, 0.6) is 11.5 Å². The van der Waals surface area contributed by atoms with E-state index in [1.54, 1.807) is 14.2 Å². The summed E-state index contributed by atoms with van der Waals surface area (Å²) in [5.74, 6) is 1.03. The highest BCUT2D eigenvalue weighted by Gasteiger charge is 2.52. The molecule has 1 aromatic rings. The van der Waals surface area contributed by atoms with Crippen molar-refractivity contribution in [2.45, 2.75) is 84.7 Å². The van der Waals surface area contributed by atoms with E-state index in [4.69, 9.17) is 23.5 Å². The van der Waals surface area contributed by atoms with Gasteiger partial charge in [0.1, 0.15) is 17.1 Å². The van der Waals surface area contributed by atoms with E-state index in [0.29, 0.717) is 11.5 Å². The van der Waals surface area contributed by atoms with E-state index in [2.05, 4.69) is 0 Å². The number of methoxy groups -OCH3 is 2. The number of benzene rings is 1. The lowest BCUT2D eigenvalue weighted by atomic mass is 9.78. The van der Waals surface area contributed by atoms with E-state index in [1.807, 2.05) is 79.5 Å². The van der Waals surface area contributed by atoms with Crippen LogP contribution in [0, 0.1) is 0 Å². The molecule has 0 saturated carbocycles. The van der Waals surface area contributed by atoms with Gasteiger partial charge in [-0.2, -0.15) is 0 Å². The van der Waals surface area contributed by atoms with Crippen molar-refractivity contribution in [3.8, 4) is 11.5 Å². The number of nitrogens with zero attached hydrogens (tertiary/aromatic N) is 1. The van der Waals surface area contributed by atoms with Crippen molar-refractivity contribution in [2.24, 2.45) is 0 Å². The molecule has 1 heterocycles. The van der Waals surface area contributed by atoms with Crippen LogP contribution in [0.3, 0.4) is 0 Å². The van der Waals surface area contributed by atoms with Crippen molar-refractivity contribution in [1.82, 2.24) is 4.90 Å². The first-order chi connectivity index (χ1) is 14.7. The normalized spacial score (nSPS) is 18.6.